The van der Waals surface area contributed by atoms with Gasteiger partial charge in [-0.1, -0.05) is 17.8 Å². The van der Waals surface area contributed by atoms with Crippen LogP contribution in [0.1, 0.15) is 41.1 Å². The summed E-state index contributed by atoms with van der Waals surface area (Å²) in [6, 6.07) is 2.16. The first kappa shape index (κ1) is 20.1. The van der Waals surface area contributed by atoms with Crippen molar-refractivity contribution >= 4 is 16.5 Å². The van der Waals surface area contributed by atoms with E-state index in [9.17, 15) is 4.79 Å². The Kier molecular flexibility index (Phi) is 6.12. The first-order valence-electron chi connectivity index (χ1n) is 11.0. The van der Waals surface area contributed by atoms with Crippen molar-refractivity contribution in [2.45, 2.75) is 57.9 Å². The van der Waals surface area contributed by atoms with Gasteiger partial charge in [0.2, 0.25) is 0 Å². The van der Waals surface area contributed by atoms with Crippen LogP contribution in [0, 0.1) is 0 Å². The van der Waals surface area contributed by atoms with E-state index in [0.717, 1.165) is 55.5 Å². The van der Waals surface area contributed by atoms with E-state index in [1.807, 2.05) is 0 Å². The molecule has 30 heavy (non-hydrogen) atoms. The number of piperidine rings is 1. The Hall–Kier alpha value is -1.81. The van der Waals surface area contributed by atoms with E-state index < -0.39 is 0 Å². The summed E-state index contributed by atoms with van der Waals surface area (Å²) in [5.74, 6) is 0. The average Bonchev–Trinajstić information content (AvgIpc) is 3.20. The van der Waals surface area contributed by atoms with Crippen molar-refractivity contribution in [3.63, 3.8) is 0 Å². The molecule has 2 aromatic rings. The van der Waals surface area contributed by atoms with Gasteiger partial charge in [-0.3, -0.25) is 9.69 Å². The molecule has 1 N–H and O–H groups in total. The van der Waals surface area contributed by atoms with Gasteiger partial charge < -0.3 is 14.8 Å². The predicted octanol–water partition coefficient (Wildman–Crippen LogP) is 1.81. The molecule has 1 saturated heterocycles. The van der Waals surface area contributed by atoms with E-state index in [1.54, 1.807) is 22.1 Å². The largest absolute Gasteiger partial charge is 0.376 e. The van der Waals surface area contributed by atoms with Crippen molar-refractivity contribution in [1.82, 2.24) is 19.7 Å². The molecular weight excluding hydrogens is 402 g/mol. The standard InChI is InChI=1S/C21H29N5O3S/c27-20-11-15-13-28-9-4-17(15)24-26(20)8-7-25-6-2-1-3-16(25)12-22-21-23-18-5-10-29-14-19(18)30-21/h11,16H,1-10,12-14H2,(H,22,23). The van der Waals surface area contributed by atoms with Crippen LogP contribution in [0.5, 0.6) is 0 Å². The van der Waals surface area contributed by atoms with Crippen molar-refractivity contribution < 1.29 is 9.47 Å². The molecule has 8 nitrogen and oxygen atoms in total. The summed E-state index contributed by atoms with van der Waals surface area (Å²) in [6.07, 6.45) is 5.34. The summed E-state index contributed by atoms with van der Waals surface area (Å²) in [4.78, 5) is 21.0. The van der Waals surface area contributed by atoms with Gasteiger partial charge in [-0.25, -0.2) is 9.67 Å². The summed E-state index contributed by atoms with van der Waals surface area (Å²) >= 11 is 1.72. The molecule has 9 heteroatoms. The molecule has 1 fully saturated rings. The summed E-state index contributed by atoms with van der Waals surface area (Å²) in [7, 11) is 0. The lowest BCUT2D eigenvalue weighted by Gasteiger charge is -2.35. The average molecular weight is 432 g/mol. The van der Waals surface area contributed by atoms with Crippen LogP contribution < -0.4 is 10.9 Å². The Bertz CT molecular complexity index is 920. The van der Waals surface area contributed by atoms with E-state index in [-0.39, 0.29) is 5.56 Å². The Morgan fingerprint density at radius 1 is 1.13 bits per heavy atom. The molecule has 0 spiro atoms. The Morgan fingerprint density at radius 2 is 2.00 bits per heavy atom. The van der Waals surface area contributed by atoms with Crippen molar-refractivity contribution in [1.29, 1.82) is 0 Å². The molecule has 1 unspecified atom stereocenters. The number of thiazole rings is 1. The van der Waals surface area contributed by atoms with Gasteiger partial charge in [-0.05, 0) is 19.4 Å². The van der Waals surface area contributed by atoms with Crippen LogP contribution in [-0.4, -0.2) is 58.6 Å². The second-order valence-electron chi connectivity index (χ2n) is 8.24. The van der Waals surface area contributed by atoms with Crippen LogP contribution in [-0.2, 0) is 42.1 Å². The first-order valence-corrected chi connectivity index (χ1v) is 11.8. The molecule has 162 valence electrons. The zero-order valence-corrected chi connectivity index (χ0v) is 18.1. The molecular formula is C21H29N5O3S. The molecule has 3 aliphatic heterocycles. The number of hydrogen-bond donors (Lipinski definition) is 1. The highest BCUT2D eigenvalue weighted by Gasteiger charge is 2.24. The molecule has 3 aliphatic rings. The van der Waals surface area contributed by atoms with Gasteiger partial charge in [0, 0.05) is 43.6 Å². The summed E-state index contributed by atoms with van der Waals surface area (Å²) in [5.41, 5.74) is 3.12. The molecule has 0 saturated carbocycles. The molecule has 0 amide bonds. The fraction of sp³-hybridized carbons (Fsp3) is 0.667. The van der Waals surface area contributed by atoms with E-state index >= 15 is 0 Å². The van der Waals surface area contributed by atoms with Crippen LogP contribution in [0.4, 0.5) is 5.13 Å². The lowest BCUT2D eigenvalue weighted by molar-refractivity contribution is 0.107. The second kappa shape index (κ2) is 9.13. The minimum atomic E-state index is -0.0264. The SMILES string of the molecule is O=c1cc2c(nn1CCN1CCCCC1CNc1nc3c(s1)COCC3)CCOC2. The number of aromatic nitrogens is 3. The van der Waals surface area contributed by atoms with Gasteiger partial charge in [0.25, 0.3) is 5.56 Å². The van der Waals surface area contributed by atoms with Crippen LogP contribution in [0.2, 0.25) is 0 Å². The third-order valence-corrected chi connectivity index (χ3v) is 7.27. The molecule has 1 atom stereocenters. The maximum Gasteiger partial charge on any atom is 0.267 e. The second-order valence-corrected chi connectivity index (χ2v) is 9.32. The number of nitrogens with one attached hydrogen (secondary N) is 1. The quantitative estimate of drug-likeness (QED) is 0.747. The highest BCUT2D eigenvalue weighted by molar-refractivity contribution is 7.15. The summed E-state index contributed by atoms with van der Waals surface area (Å²) < 4.78 is 12.6. The highest BCUT2D eigenvalue weighted by Crippen LogP contribution is 2.27. The zero-order valence-electron chi connectivity index (χ0n) is 17.3. The maximum absolute atomic E-state index is 12.4. The molecule has 0 aliphatic carbocycles. The lowest BCUT2D eigenvalue weighted by Crippen LogP contribution is -2.45. The molecule has 0 bridgehead atoms. The van der Waals surface area contributed by atoms with Crippen molar-refractivity contribution in [2.75, 3.05) is 38.2 Å². The number of fused-ring (bicyclic) bond motifs is 2. The minimum Gasteiger partial charge on any atom is -0.376 e. The lowest BCUT2D eigenvalue weighted by atomic mass is 10.0. The van der Waals surface area contributed by atoms with Gasteiger partial charge in [0.15, 0.2) is 5.13 Å². The van der Waals surface area contributed by atoms with E-state index in [2.05, 4.69) is 15.3 Å². The van der Waals surface area contributed by atoms with Crippen molar-refractivity contribution in [3.05, 3.63) is 38.2 Å². The van der Waals surface area contributed by atoms with Crippen LogP contribution in [0.3, 0.4) is 0 Å². The van der Waals surface area contributed by atoms with Gasteiger partial charge in [-0.2, -0.15) is 5.10 Å². The highest BCUT2D eigenvalue weighted by atomic mass is 32.1. The van der Waals surface area contributed by atoms with Crippen molar-refractivity contribution in [2.24, 2.45) is 0 Å². The Morgan fingerprint density at radius 3 is 2.90 bits per heavy atom. The van der Waals surface area contributed by atoms with Crippen LogP contribution >= 0.6 is 11.3 Å². The number of hydrogen-bond acceptors (Lipinski definition) is 8. The fourth-order valence-electron chi connectivity index (χ4n) is 4.53. The minimum absolute atomic E-state index is 0.0264. The molecule has 5 rings (SSSR count). The van der Waals surface area contributed by atoms with Gasteiger partial charge in [-0.15, -0.1) is 0 Å². The van der Waals surface area contributed by atoms with Gasteiger partial charge in [0.05, 0.1) is 49.2 Å². The number of likely N-dealkylation sites (tertiary alicyclic amines) is 1. The summed E-state index contributed by atoms with van der Waals surface area (Å²) in [5, 5.41) is 9.18. The van der Waals surface area contributed by atoms with E-state index in [1.165, 1.54) is 29.8 Å². The Balaban J connectivity index is 1.20. The first-order chi connectivity index (χ1) is 14.8. The number of rotatable bonds is 6. The van der Waals surface area contributed by atoms with Gasteiger partial charge in [0.1, 0.15) is 0 Å². The molecule has 2 aromatic heterocycles. The normalized spacial score (nSPS) is 21.8. The topological polar surface area (TPSA) is 81.5 Å². The third-order valence-electron chi connectivity index (χ3n) is 6.24. The smallest absolute Gasteiger partial charge is 0.267 e. The predicted molar refractivity (Wildman–Crippen MR) is 115 cm³/mol. The maximum atomic E-state index is 12.4. The van der Waals surface area contributed by atoms with E-state index in [0.29, 0.717) is 32.4 Å². The molecule has 5 heterocycles. The fourth-order valence-corrected chi connectivity index (χ4v) is 5.48. The number of ether oxygens (including phenoxy) is 2. The van der Waals surface area contributed by atoms with Crippen molar-refractivity contribution in [3.8, 4) is 0 Å². The van der Waals surface area contributed by atoms with Gasteiger partial charge >= 0.3 is 0 Å². The van der Waals surface area contributed by atoms with Crippen LogP contribution in [0.25, 0.3) is 0 Å². The number of nitrogens with zero attached hydrogens (tertiary/aromatic N) is 4. The van der Waals surface area contributed by atoms with Crippen LogP contribution in [0.15, 0.2) is 10.9 Å². The Labute approximate surface area is 180 Å². The third kappa shape index (κ3) is 4.44. The zero-order chi connectivity index (χ0) is 20.3. The summed E-state index contributed by atoms with van der Waals surface area (Å²) in [6.45, 7) is 6.09. The number of anilines is 1. The van der Waals surface area contributed by atoms with E-state index in [4.69, 9.17) is 14.5 Å². The molecule has 0 aromatic carbocycles. The monoisotopic (exact) mass is 431 g/mol. The molecule has 0 radical (unpaired) electrons.